The summed E-state index contributed by atoms with van der Waals surface area (Å²) in [5.74, 6) is -1.30. The van der Waals surface area contributed by atoms with Gasteiger partial charge in [-0.3, -0.25) is 14.0 Å². The summed E-state index contributed by atoms with van der Waals surface area (Å²) >= 11 is 0. The van der Waals surface area contributed by atoms with E-state index >= 15 is 0 Å². The fraction of sp³-hybridized carbons (Fsp3) is 0.609. The van der Waals surface area contributed by atoms with Gasteiger partial charge >= 0.3 is 6.18 Å². The summed E-state index contributed by atoms with van der Waals surface area (Å²) < 4.78 is 76.0. The summed E-state index contributed by atoms with van der Waals surface area (Å²) in [6.45, 7) is 0.393. The van der Waals surface area contributed by atoms with Crippen LogP contribution in [0.1, 0.15) is 67.0 Å². The molecule has 4 aliphatic rings. The lowest BCUT2D eigenvalue weighted by molar-refractivity contribution is -0.222. The van der Waals surface area contributed by atoms with Crippen LogP contribution in [0.15, 0.2) is 17.2 Å². The Balaban J connectivity index is 1.47. The molecule has 2 bridgehead atoms. The SMILES string of the molecule is Cn1cc(C2CC(c3nc(C45CC(C(F)F)(C4)C5)c4nc(C(F)(F)F)n(C)c(=O)c4n3)CCO2)cn1. The minimum absolute atomic E-state index is 0.105. The molecule has 1 saturated heterocycles. The third-order valence-corrected chi connectivity index (χ3v) is 7.98. The third-order valence-electron chi connectivity index (χ3n) is 7.98. The molecule has 3 saturated carbocycles. The van der Waals surface area contributed by atoms with E-state index in [1.165, 1.54) is 0 Å². The molecule has 13 heteroatoms. The van der Waals surface area contributed by atoms with E-state index in [0.717, 1.165) is 12.6 Å². The minimum atomic E-state index is -4.88. The van der Waals surface area contributed by atoms with Crippen LogP contribution in [0.5, 0.6) is 0 Å². The van der Waals surface area contributed by atoms with Crippen LogP contribution in [0.4, 0.5) is 22.0 Å². The molecule has 0 aromatic carbocycles. The highest BCUT2D eigenvalue weighted by atomic mass is 19.4. The number of aromatic nitrogens is 6. The number of hydrogen-bond donors (Lipinski definition) is 0. The Morgan fingerprint density at radius 3 is 2.44 bits per heavy atom. The first-order valence-corrected chi connectivity index (χ1v) is 11.7. The second-order valence-corrected chi connectivity index (χ2v) is 10.4. The van der Waals surface area contributed by atoms with E-state index in [9.17, 15) is 26.7 Å². The number of fused-ring (bicyclic) bond motifs is 1. The molecule has 8 nitrogen and oxygen atoms in total. The van der Waals surface area contributed by atoms with E-state index in [0.29, 0.717) is 29.8 Å². The predicted octanol–water partition coefficient (Wildman–Crippen LogP) is 3.80. The summed E-state index contributed by atoms with van der Waals surface area (Å²) in [5, 5.41) is 4.17. The van der Waals surface area contributed by atoms with Crippen molar-refractivity contribution >= 4 is 11.0 Å². The molecule has 0 N–H and O–H groups in total. The molecule has 3 aliphatic carbocycles. The third kappa shape index (κ3) is 3.31. The zero-order chi connectivity index (χ0) is 25.6. The maximum Gasteiger partial charge on any atom is 0.449 e. The van der Waals surface area contributed by atoms with Gasteiger partial charge in [0.05, 0.1) is 18.0 Å². The van der Waals surface area contributed by atoms with Gasteiger partial charge in [0.2, 0.25) is 12.2 Å². The molecule has 2 atom stereocenters. The molecule has 0 spiro atoms. The van der Waals surface area contributed by atoms with E-state index < -0.39 is 34.8 Å². The Morgan fingerprint density at radius 2 is 1.83 bits per heavy atom. The van der Waals surface area contributed by atoms with Gasteiger partial charge in [-0.25, -0.2) is 23.7 Å². The lowest BCUT2D eigenvalue weighted by atomic mass is 9.34. The zero-order valence-electron chi connectivity index (χ0n) is 19.5. The minimum Gasteiger partial charge on any atom is -0.373 e. The van der Waals surface area contributed by atoms with Gasteiger partial charge in [-0.2, -0.15) is 18.3 Å². The molecule has 3 aromatic rings. The zero-order valence-corrected chi connectivity index (χ0v) is 19.5. The van der Waals surface area contributed by atoms with E-state index in [2.05, 4.69) is 20.1 Å². The van der Waals surface area contributed by atoms with Crippen LogP contribution >= 0.6 is 0 Å². The first-order valence-electron chi connectivity index (χ1n) is 11.7. The van der Waals surface area contributed by atoms with Crippen LogP contribution in [0.2, 0.25) is 0 Å². The van der Waals surface area contributed by atoms with Gasteiger partial charge in [0.25, 0.3) is 5.56 Å². The van der Waals surface area contributed by atoms with Crippen LogP contribution in [0.3, 0.4) is 0 Å². The largest absolute Gasteiger partial charge is 0.449 e. The lowest BCUT2D eigenvalue weighted by Gasteiger charge is -2.69. The maximum absolute atomic E-state index is 13.7. The summed E-state index contributed by atoms with van der Waals surface area (Å²) in [4.78, 5) is 25.9. The molecular formula is C23H23F5N6O2. The van der Waals surface area contributed by atoms with Crippen molar-refractivity contribution in [3.8, 4) is 0 Å². The Morgan fingerprint density at radius 1 is 1.11 bits per heavy atom. The van der Waals surface area contributed by atoms with Crippen molar-refractivity contribution in [1.29, 1.82) is 0 Å². The van der Waals surface area contributed by atoms with E-state index in [1.54, 1.807) is 17.9 Å². The molecule has 3 aromatic heterocycles. The van der Waals surface area contributed by atoms with Crippen molar-refractivity contribution in [1.82, 2.24) is 29.3 Å². The average molecular weight is 510 g/mol. The topological polar surface area (TPSA) is 87.7 Å². The summed E-state index contributed by atoms with van der Waals surface area (Å²) in [6, 6.07) is 0. The number of halogens is 5. The first kappa shape index (κ1) is 23.4. The van der Waals surface area contributed by atoms with Gasteiger partial charge in [0.15, 0.2) is 5.52 Å². The quantitative estimate of drug-likeness (QED) is 0.497. The smallest absolute Gasteiger partial charge is 0.373 e. The monoisotopic (exact) mass is 510 g/mol. The Bertz CT molecular complexity index is 1410. The van der Waals surface area contributed by atoms with Gasteiger partial charge in [0.1, 0.15) is 11.3 Å². The standard InChI is InChI=1S/C23H23F5N6O2/c1-33-7-12(6-29-33)13-5-11(3-4-36-13)17-30-15-14(31-20(23(26,27)28)34(2)18(15)35)16(32-17)21-8-22(9-21,10-21)19(24)25/h6-7,11,13,19H,3-5,8-10H2,1-2H3. The van der Waals surface area contributed by atoms with Gasteiger partial charge in [0, 0.05) is 49.2 Å². The van der Waals surface area contributed by atoms with Crippen LogP contribution in [-0.4, -0.2) is 42.3 Å². The van der Waals surface area contributed by atoms with Crippen LogP contribution < -0.4 is 5.56 Å². The Hall–Kier alpha value is -2.96. The van der Waals surface area contributed by atoms with Crippen molar-refractivity contribution in [2.75, 3.05) is 6.61 Å². The van der Waals surface area contributed by atoms with Gasteiger partial charge in [-0.05, 0) is 32.1 Å². The van der Waals surface area contributed by atoms with Crippen molar-refractivity contribution in [2.24, 2.45) is 19.5 Å². The van der Waals surface area contributed by atoms with Gasteiger partial charge in [-0.15, -0.1) is 0 Å². The Labute approximate surface area is 201 Å². The molecule has 2 unspecified atom stereocenters. The second kappa shape index (κ2) is 7.53. The molecule has 1 aliphatic heterocycles. The van der Waals surface area contributed by atoms with Crippen LogP contribution in [0.25, 0.3) is 11.0 Å². The molecule has 4 fully saturated rings. The second-order valence-electron chi connectivity index (χ2n) is 10.4. The van der Waals surface area contributed by atoms with Crippen LogP contribution in [0, 0.1) is 5.41 Å². The van der Waals surface area contributed by atoms with Crippen molar-refractivity contribution in [3.63, 3.8) is 0 Å². The summed E-state index contributed by atoms with van der Waals surface area (Å²) in [5.41, 5.74) is -2.30. The molecule has 192 valence electrons. The summed E-state index contributed by atoms with van der Waals surface area (Å²) in [6.07, 6.45) is -2.80. The number of ether oxygens (including phenoxy) is 1. The highest BCUT2D eigenvalue weighted by molar-refractivity contribution is 5.78. The van der Waals surface area contributed by atoms with Gasteiger partial charge < -0.3 is 4.74 Å². The van der Waals surface area contributed by atoms with E-state index in [-0.39, 0.29) is 48.0 Å². The molecule has 7 rings (SSSR count). The number of rotatable bonds is 4. The van der Waals surface area contributed by atoms with Gasteiger partial charge in [-0.1, -0.05) is 0 Å². The fourth-order valence-electron chi connectivity index (χ4n) is 6.19. The predicted molar refractivity (Wildman–Crippen MR) is 115 cm³/mol. The summed E-state index contributed by atoms with van der Waals surface area (Å²) in [7, 11) is 2.79. The highest BCUT2D eigenvalue weighted by Crippen LogP contribution is 2.75. The molecule has 0 amide bonds. The molecule has 0 radical (unpaired) electrons. The molecule has 4 heterocycles. The number of aryl methyl sites for hydroxylation is 1. The number of alkyl halides is 5. The fourth-order valence-corrected chi connectivity index (χ4v) is 6.19. The average Bonchev–Trinajstić information content (AvgIpc) is 3.19. The van der Waals surface area contributed by atoms with Crippen molar-refractivity contribution in [2.45, 2.75) is 62.1 Å². The lowest BCUT2D eigenvalue weighted by Crippen LogP contribution is -2.68. The Kier molecular flexibility index (Phi) is 4.90. The molecule has 36 heavy (non-hydrogen) atoms. The highest BCUT2D eigenvalue weighted by Gasteiger charge is 2.73. The molecular weight excluding hydrogens is 487 g/mol. The van der Waals surface area contributed by atoms with Crippen molar-refractivity contribution < 1.29 is 26.7 Å². The van der Waals surface area contributed by atoms with E-state index in [4.69, 9.17) is 4.74 Å². The van der Waals surface area contributed by atoms with E-state index in [1.807, 2.05) is 6.20 Å². The maximum atomic E-state index is 13.7. The number of nitrogens with zero attached hydrogens (tertiary/aromatic N) is 6. The number of hydrogen-bond acceptors (Lipinski definition) is 6. The first-order chi connectivity index (χ1) is 16.9. The van der Waals surface area contributed by atoms with Crippen LogP contribution in [-0.2, 0) is 30.4 Å². The van der Waals surface area contributed by atoms with Crippen molar-refractivity contribution in [3.05, 3.63) is 45.7 Å². The normalized spacial score (nSPS) is 29.9.